The Morgan fingerprint density at radius 1 is 0.967 bits per heavy atom. The Bertz CT molecular complexity index is 769. The fraction of sp³-hybridized carbons (Fsp3) is 0.579. The summed E-state index contributed by atoms with van der Waals surface area (Å²) in [5.74, 6) is 0. The van der Waals surface area contributed by atoms with E-state index in [0.717, 1.165) is 18.2 Å². The zero-order chi connectivity index (χ0) is 23.0. The summed E-state index contributed by atoms with van der Waals surface area (Å²) in [6, 6.07) is 4.23. The van der Waals surface area contributed by atoms with E-state index in [1.165, 1.54) is 6.07 Å². The Kier molecular flexibility index (Phi) is 7.00. The van der Waals surface area contributed by atoms with Crippen LogP contribution in [-0.4, -0.2) is 37.7 Å². The molecule has 0 aliphatic carbocycles. The molecule has 1 fully saturated rings. The van der Waals surface area contributed by atoms with Gasteiger partial charge in [-0.2, -0.15) is 26.3 Å². The average Bonchev–Trinajstić information content (AvgIpc) is 2.80. The third kappa shape index (κ3) is 5.76. The van der Waals surface area contributed by atoms with E-state index in [-0.39, 0.29) is 0 Å². The standard InChI is InChI=1S/C19H22BF7O3/c1-16(2)17(3,4)30-20(29-16)15(21)13(9-10-28-11-18(22,23)24)12-7-5-6-8-14(12)19(25,26)27/h5-8H,9-11H2,1-4H3. The first kappa shape index (κ1) is 24.7. The van der Waals surface area contributed by atoms with E-state index in [0.29, 0.717) is 0 Å². The molecule has 0 saturated carbocycles. The molecule has 2 rings (SSSR count). The molecular weight excluding hydrogens is 420 g/mol. The van der Waals surface area contributed by atoms with E-state index < -0.39 is 72.7 Å². The van der Waals surface area contributed by atoms with Gasteiger partial charge in [0.1, 0.15) is 12.3 Å². The number of rotatable bonds is 6. The molecule has 0 amide bonds. The summed E-state index contributed by atoms with van der Waals surface area (Å²) in [4.78, 5) is 0. The van der Waals surface area contributed by atoms with Crippen LogP contribution in [0.3, 0.4) is 0 Å². The minimum atomic E-state index is -4.80. The average molecular weight is 442 g/mol. The molecule has 0 aromatic heterocycles. The third-order valence-electron chi connectivity index (χ3n) is 5.07. The highest BCUT2D eigenvalue weighted by molar-refractivity contribution is 6.55. The summed E-state index contributed by atoms with van der Waals surface area (Å²) in [5.41, 5.74) is -5.17. The van der Waals surface area contributed by atoms with Gasteiger partial charge in [-0.1, -0.05) is 18.2 Å². The van der Waals surface area contributed by atoms with Gasteiger partial charge in [0.2, 0.25) is 0 Å². The molecule has 3 nitrogen and oxygen atoms in total. The lowest BCUT2D eigenvalue weighted by Crippen LogP contribution is -2.41. The van der Waals surface area contributed by atoms with Gasteiger partial charge in [0.15, 0.2) is 0 Å². The molecule has 1 aliphatic heterocycles. The monoisotopic (exact) mass is 442 g/mol. The normalized spacial score (nSPS) is 19.8. The van der Waals surface area contributed by atoms with Crippen molar-refractivity contribution in [1.82, 2.24) is 0 Å². The Labute approximate surface area is 170 Å². The largest absolute Gasteiger partial charge is 0.525 e. The molecule has 1 aliphatic rings. The van der Waals surface area contributed by atoms with Gasteiger partial charge in [-0.05, 0) is 51.3 Å². The Morgan fingerprint density at radius 3 is 2.00 bits per heavy atom. The summed E-state index contributed by atoms with van der Waals surface area (Å²) in [6.45, 7) is 4.30. The molecule has 30 heavy (non-hydrogen) atoms. The molecule has 168 valence electrons. The summed E-state index contributed by atoms with van der Waals surface area (Å²) >= 11 is 0. The van der Waals surface area contributed by atoms with Gasteiger partial charge in [-0.15, -0.1) is 0 Å². The number of ether oxygens (including phenoxy) is 1. The van der Waals surface area contributed by atoms with Crippen LogP contribution in [-0.2, 0) is 20.2 Å². The van der Waals surface area contributed by atoms with Crippen LogP contribution < -0.4 is 0 Å². The van der Waals surface area contributed by atoms with Crippen LogP contribution in [0.5, 0.6) is 0 Å². The van der Waals surface area contributed by atoms with Gasteiger partial charge in [0, 0.05) is 0 Å². The molecule has 1 heterocycles. The van der Waals surface area contributed by atoms with Crippen LogP contribution in [0, 0.1) is 0 Å². The lowest BCUT2D eigenvalue weighted by atomic mass is 9.81. The smallest absolute Gasteiger partial charge is 0.398 e. The maximum absolute atomic E-state index is 15.4. The summed E-state index contributed by atoms with van der Waals surface area (Å²) in [5, 5.41) is 0. The van der Waals surface area contributed by atoms with Gasteiger partial charge >= 0.3 is 19.5 Å². The highest BCUT2D eigenvalue weighted by Gasteiger charge is 2.53. The number of halogens is 7. The zero-order valence-electron chi connectivity index (χ0n) is 16.9. The fourth-order valence-electron chi connectivity index (χ4n) is 2.83. The highest BCUT2D eigenvalue weighted by Crippen LogP contribution is 2.42. The molecule has 0 unspecified atom stereocenters. The molecule has 1 saturated heterocycles. The van der Waals surface area contributed by atoms with Crippen molar-refractivity contribution >= 4 is 12.7 Å². The first-order valence-electron chi connectivity index (χ1n) is 9.10. The van der Waals surface area contributed by atoms with Crippen molar-refractivity contribution in [2.24, 2.45) is 0 Å². The van der Waals surface area contributed by atoms with Gasteiger partial charge in [-0.25, -0.2) is 4.39 Å². The SMILES string of the molecule is CC1(C)OB(C(F)=C(CCOCC(F)(F)F)c2ccccc2C(F)(F)F)OC1(C)C. The highest BCUT2D eigenvalue weighted by atomic mass is 19.4. The third-order valence-corrected chi connectivity index (χ3v) is 5.07. The van der Waals surface area contributed by atoms with E-state index in [4.69, 9.17) is 9.31 Å². The van der Waals surface area contributed by atoms with Gasteiger partial charge in [0.25, 0.3) is 0 Å². The second kappa shape index (κ2) is 8.51. The minimum absolute atomic E-state index is 0.483. The summed E-state index contributed by atoms with van der Waals surface area (Å²) in [7, 11) is -1.60. The Morgan fingerprint density at radius 2 is 1.50 bits per heavy atom. The molecular formula is C19H22BF7O3. The van der Waals surface area contributed by atoms with Crippen LogP contribution in [0.15, 0.2) is 30.0 Å². The molecule has 0 N–H and O–H groups in total. The van der Waals surface area contributed by atoms with E-state index in [1.54, 1.807) is 27.7 Å². The summed E-state index contributed by atoms with van der Waals surface area (Å²) in [6.07, 6.45) is -9.96. The molecule has 0 spiro atoms. The molecule has 11 heteroatoms. The number of benzene rings is 1. The van der Waals surface area contributed by atoms with E-state index in [2.05, 4.69) is 4.74 Å². The maximum atomic E-state index is 15.4. The fourth-order valence-corrected chi connectivity index (χ4v) is 2.83. The second-order valence-electron chi connectivity index (χ2n) is 7.88. The van der Waals surface area contributed by atoms with E-state index >= 15 is 4.39 Å². The van der Waals surface area contributed by atoms with Crippen molar-refractivity contribution in [3.05, 3.63) is 41.1 Å². The van der Waals surface area contributed by atoms with Crippen molar-refractivity contribution in [1.29, 1.82) is 0 Å². The lowest BCUT2D eigenvalue weighted by molar-refractivity contribution is -0.173. The van der Waals surface area contributed by atoms with E-state index in [1.807, 2.05) is 0 Å². The second-order valence-corrected chi connectivity index (χ2v) is 7.88. The van der Waals surface area contributed by atoms with Crippen LogP contribution in [0.2, 0.25) is 0 Å². The van der Waals surface area contributed by atoms with Crippen LogP contribution in [0.4, 0.5) is 30.7 Å². The Balaban J connectivity index is 2.44. The topological polar surface area (TPSA) is 27.7 Å². The summed E-state index contributed by atoms with van der Waals surface area (Å²) < 4.78 is 108. The predicted octanol–water partition coefficient (Wildman–Crippen LogP) is 5.99. The molecule has 0 radical (unpaired) electrons. The van der Waals surface area contributed by atoms with Crippen molar-refractivity contribution in [2.75, 3.05) is 13.2 Å². The first-order chi connectivity index (χ1) is 13.6. The predicted molar refractivity (Wildman–Crippen MR) is 97.0 cm³/mol. The quantitative estimate of drug-likeness (QED) is 0.308. The van der Waals surface area contributed by atoms with Crippen LogP contribution in [0.1, 0.15) is 45.2 Å². The zero-order valence-corrected chi connectivity index (χ0v) is 16.9. The van der Waals surface area contributed by atoms with Crippen molar-refractivity contribution < 1.29 is 44.8 Å². The maximum Gasteiger partial charge on any atom is 0.525 e. The van der Waals surface area contributed by atoms with Gasteiger partial charge < -0.3 is 14.0 Å². The van der Waals surface area contributed by atoms with Crippen molar-refractivity contribution in [3.63, 3.8) is 0 Å². The molecule has 0 atom stereocenters. The number of hydrogen-bond donors (Lipinski definition) is 0. The minimum Gasteiger partial charge on any atom is -0.398 e. The first-order valence-corrected chi connectivity index (χ1v) is 9.10. The lowest BCUT2D eigenvalue weighted by Gasteiger charge is -2.32. The Hall–Kier alpha value is -1.59. The van der Waals surface area contributed by atoms with E-state index in [9.17, 15) is 26.3 Å². The number of hydrogen-bond acceptors (Lipinski definition) is 3. The van der Waals surface area contributed by atoms with Crippen LogP contribution in [0.25, 0.3) is 5.57 Å². The van der Waals surface area contributed by atoms with Crippen molar-refractivity contribution in [2.45, 2.75) is 57.7 Å². The number of alkyl halides is 6. The molecule has 0 bridgehead atoms. The van der Waals surface area contributed by atoms with Crippen molar-refractivity contribution in [3.8, 4) is 0 Å². The van der Waals surface area contributed by atoms with Crippen LogP contribution >= 0.6 is 0 Å². The molecule has 1 aromatic carbocycles. The van der Waals surface area contributed by atoms with Gasteiger partial charge in [-0.3, -0.25) is 0 Å². The van der Waals surface area contributed by atoms with Gasteiger partial charge in [0.05, 0.1) is 23.4 Å². The molecule has 1 aromatic rings.